The van der Waals surface area contributed by atoms with Crippen molar-refractivity contribution in [2.24, 2.45) is 7.05 Å². The van der Waals surface area contributed by atoms with Crippen LogP contribution in [0.3, 0.4) is 0 Å². The highest BCUT2D eigenvalue weighted by atomic mass is 16.6. The molecular weight excluding hydrogens is 284 g/mol. The lowest BCUT2D eigenvalue weighted by molar-refractivity contribution is -0.0797. The second-order valence-electron chi connectivity index (χ2n) is 6.51. The van der Waals surface area contributed by atoms with Crippen molar-refractivity contribution in [1.82, 2.24) is 19.8 Å². The molecule has 1 saturated heterocycles. The molecule has 1 aromatic heterocycles. The zero-order valence-corrected chi connectivity index (χ0v) is 13.2. The molecule has 0 radical (unpaired) electrons. The van der Waals surface area contributed by atoms with E-state index in [-0.39, 0.29) is 17.2 Å². The van der Waals surface area contributed by atoms with E-state index in [1.165, 1.54) is 9.36 Å². The topological polar surface area (TPSA) is 71.2 Å². The van der Waals surface area contributed by atoms with Gasteiger partial charge in [-0.3, -0.25) is 0 Å². The minimum atomic E-state index is -0.305. The molecule has 1 fully saturated rings. The van der Waals surface area contributed by atoms with Gasteiger partial charge in [0.25, 0.3) is 0 Å². The Kier molecular flexibility index (Phi) is 3.52. The van der Waals surface area contributed by atoms with Crippen LogP contribution in [0.15, 0.2) is 23.0 Å². The zero-order chi connectivity index (χ0) is 15.9. The summed E-state index contributed by atoms with van der Waals surface area (Å²) in [6.45, 7) is 7.48. The molecule has 0 saturated carbocycles. The van der Waals surface area contributed by atoms with E-state index in [0.29, 0.717) is 24.7 Å². The molecule has 0 bridgehead atoms. The SMILES string of the molecule is Cn1nnn(-c2cc(C(C)(C)C)ccc2OC2COC2)c1=O. The number of hydrogen-bond acceptors (Lipinski definition) is 5. The van der Waals surface area contributed by atoms with Crippen LogP contribution in [0.4, 0.5) is 0 Å². The molecule has 0 amide bonds. The molecule has 2 heterocycles. The Morgan fingerprint density at radius 1 is 1.27 bits per heavy atom. The highest BCUT2D eigenvalue weighted by Crippen LogP contribution is 2.30. The van der Waals surface area contributed by atoms with Gasteiger partial charge in [-0.05, 0) is 33.5 Å². The number of aryl methyl sites for hydroxylation is 1. The van der Waals surface area contributed by atoms with Crippen LogP contribution >= 0.6 is 0 Å². The second-order valence-corrected chi connectivity index (χ2v) is 6.51. The number of ether oxygens (including phenoxy) is 2. The van der Waals surface area contributed by atoms with E-state index < -0.39 is 0 Å². The van der Waals surface area contributed by atoms with Gasteiger partial charge in [0.2, 0.25) is 0 Å². The standard InChI is InChI=1S/C15H20N4O3/c1-15(2,3)10-5-6-13(22-11-8-21-9-11)12(7-10)19-14(20)18(4)16-17-19/h5-7,11H,8-9H2,1-4H3. The highest BCUT2D eigenvalue weighted by molar-refractivity contribution is 5.50. The fourth-order valence-electron chi connectivity index (χ4n) is 2.18. The summed E-state index contributed by atoms with van der Waals surface area (Å²) < 4.78 is 13.5. The fourth-order valence-corrected chi connectivity index (χ4v) is 2.18. The van der Waals surface area contributed by atoms with Crippen molar-refractivity contribution < 1.29 is 9.47 Å². The van der Waals surface area contributed by atoms with Crippen LogP contribution in [0.2, 0.25) is 0 Å². The summed E-state index contributed by atoms with van der Waals surface area (Å²) >= 11 is 0. The molecule has 0 unspecified atom stereocenters. The maximum Gasteiger partial charge on any atom is 0.368 e. The molecule has 3 rings (SSSR count). The first kappa shape index (κ1) is 14.8. The third-order valence-corrected chi connectivity index (χ3v) is 3.68. The molecule has 0 spiro atoms. The summed E-state index contributed by atoms with van der Waals surface area (Å²) in [4.78, 5) is 12.2. The van der Waals surface area contributed by atoms with Crippen LogP contribution in [0.25, 0.3) is 5.69 Å². The van der Waals surface area contributed by atoms with Gasteiger partial charge in [-0.25, -0.2) is 4.79 Å². The Hall–Kier alpha value is -2.15. The van der Waals surface area contributed by atoms with Crippen molar-refractivity contribution in [2.45, 2.75) is 32.3 Å². The van der Waals surface area contributed by atoms with E-state index in [1.807, 2.05) is 18.2 Å². The van der Waals surface area contributed by atoms with Gasteiger partial charge in [0.1, 0.15) is 17.5 Å². The Labute approximate surface area is 128 Å². The maximum absolute atomic E-state index is 12.2. The summed E-state index contributed by atoms with van der Waals surface area (Å²) in [6, 6.07) is 5.83. The van der Waals surface area contributed by atoms with E-state index in [4.69, 9.17) is 9.47 Å². The molecule has 7 heteroatoms. The molecule has 1 aliphatic rings. The normalized spacial score (nSPS) is 15.6. The third-order valence-electron chi connectivity index (χ3n) is 3.68. The Morgan fingerprint density at radius 3 is 2.50 bits per heavy atom. The number of hydrogen-bond donors (Lipinski definition) is 0. The lowest BCUT2D eigenvalue weighted by atomic mass is 9.87. The first-order chi connectivity index (χ1) is 10.4. The van der Waals surface area contributed by atoms with Crippen molar-refractivity contribution in [1.29, 1.82) is 0 Å². The average Bonchev–Trinajstić information content (AvgIpc) is 2.73. The van der Waals surface area contributed by atoms with Crippen molar-refractivity contribution >= 4 is 0 Å². The Balaban J connectivity index is 2.09. The van der Waals surface area contributed by atoms with Gasteiger partial charge in [0.05, 0.1) is 13.2 Å². The predicted molar refractivity (Wildman–Crippen MR) is 80.5 cm³/mol. The zero-order valence-electron chi connectivity index (χ0n) is 13.2. The van der Waals surface area contributed by atoms with Crippen LogP contribution in [0.1, 0.15) is 26.3 Å². The van der Waals surface area contributed by atoms with Crippen LogP contribution < -0.4 is 10.4 Å². The van der Waals surface area contributed by atoms with Gasteiger partial charge >= 0.3 is 5.69 Å². The molecule has 0 atom stereocenters. The van der Waals surface area contributed by atoms with Crippen LogP contribution in [0, 0.1) is 0 Å². The summed E-state index contributed by atoms with van der Waals surface area (Å²) in [6.07, 6.45) is 0.0200. The average molecular weight is 304 g/mol. The lowest BCUT2D eigenvalue weighted by Crippen LogP contribution is -2.39. The minimum Gasteiger partial charge on any atom is -0.483 e. The smallest absolute Gasteiger partial charge is 0.368 e. The van der Waals surface area contributed by atoms with Gasteiger partial charge in [-0.2, -0.15) is 9.36 Å². The van der Waals surface area contributed by atoms with Crippen LogP contribution in [-0.2, 0) is 17.2 Å². The number of rotatable bonds is 3. The molecule has 7 nitrogen and oxygen atoms in total. The highest BCUT2D eigenvalue weighted by Gasteiger charge is 2.24. The first-order valence-corrected chi connectivity index (χ1v) is 7.24. The summed E-state index contributed by atoms with van der Waals surface area (Å²) in [5.41, 5.74) is 1.36. The third kappa shape index (κ3) is 2.64. The number of nitrogens with zero attached hydrogens (tertiary/aromatic N) is 4. The molecule has 22 heavy (non-hydrogen) atoms. The van der Waals surface area contributed by atoms with E-state index in [0.717, 1.165) is 5.56 Å². The quantitative estimate of drug-likeness (QED) is 0.847. The van der Waals surface area contributed by atoms with Gasteiger partial charge in [-0.15, -0.1) is 0 Å². The molecule has 1 aromatic carbocycles. The van der Waals surface area contributed by atoms with Crippen molar-refractivity contribution in [3.63, 3.8) is 0 Å². The molecular formula is C15H20N4O3. The monoisotopic (exact) mass is 304 g/mol. The minimum absolute atomic E-state index is 0.0200. The van der Waals surface area contributed by atoms with Crippen LogP contribution in [0.5, 0.6) is 5.75 Å². The maximum atomic E-state index is 12.2. The molecule has 0 aliphatic carbocycles. The van der Waals surface area contributed by atoms with Gasteiger partial charge in [0, 0.05) is 7.05 Å². The fraction of sp³-hybridized carbons (Fsp3) is 0.533. The number of benzene rings is 1. The van der Waals surface area contributed by atoms with Crippen molar-refractivity contribution in [3.05, 3.63) is 34.2 Å². The summed E-state index contributed by atoms with van der Waals surface area (Å²) in [5, 5.41) is 7.70. The molecule has 0 N–H and O–H groups in total. The summed E-state index contributed by atoms with van der Waals surface area (Å²) in [5.74, 6) is 0.615. The summed E-state index contributed by atoms with van der Waals surface area (Å²) in [7, 11) is 1.57. The molecule has 2 aromatic rings. The lowest BCUT2D eigenvalue weighted by Gasteiger charge is -2.28. The van der Waals surface area contributed by atoms with Crippen LogP contribution in [-0.4, -0.2) is 39.1 Å². The van der Waals surface area contributed by atoms with Crippen molar-refractivity contribution in [2.75, 3.05) is 13.2 Å². The first-order valence-electron chi connectivity index (χ1n) is 7.24. The Morgan fingerprint density at radius 2 is 2.00 bits per heavy atom. The second kappa shape index (κ2) is 5.24. The van der Waals surface area contributed by atoms with Crippen molar-refractivity contribution in [3.8, 4) is 11.4 Å². The van der Waals surface area contributed by atoms with Gasteiger partial charge in [-0.1, -0.05) is 26.8 Å². The largest absolute Gasteiger partial charge is 0.483 e. The number of tetrazole rings is 1. The predicted octanol–water partition coefficient (Wildman–Crippen LogP) is 1.04. The Bertz CT molecular complexity index is 738. The van der Waals surface area contributed by atoms with E-state index >= 15 is 0 Å². The molecule has 1 aliphatic heterocycles. The van der Waals surface area contributed by atoms with E-state index in [9.17, 15) is 4.79 Å². The van der Waals surface area contributed by atoms with Gasteiger partial charge in [0.15, 0.2) is 0 Å². The molecule has 118 valence electrons. The number of aromatic nitrogens is 4. The van der Waals surface area contributed by atoms with E-state index in [1.54, 1.807) is 7.05 Å². The van der Waals surface area contributed by atoms with Gasteiger partial charge < -0.3 is 9.47 Å². The van der Waals surface area contributed by atoms with E-state index in [2.05, 4.69) is 31.2 Å².